The molecule has 2 saturated heterocycles. The first-order chi connectivity index (χ1) is 24.3. The van der Waals surface area contributed by atoms with Gasteiger partial charge in [0.2, 0.25) is 20.0 Å². The first kappa shape index (κ1) is 33.4. The van der Waals surface area contributed by atoms with E-state index in [1.165, 1.54) is 39.1 Å². The standard InChI is InChI=1S/C20H25N3O3S.C17H19N3O3S/c1-27(25,26)22-10-8-20(9-11-22)7-6-16(19(20)24)18-15-5-3-2-4-14(15)17-12-21-13-23(17)18;1-24(22,23)19-8-17(9-19)6-13(16(17)21)15-12-5-3-2-4-11(12)14-7-18-10-20(14)15/h2-5,12-13,16,18-19,24H,6-11H2,1H3;2-5,7,10,13,15-16,21H,6,8-9H2,1H3. The number of aromatic nitrogens is 4. The topological polar surface area (TPSA) is 151 Å². The molecule has 4 fully saturated rings. The number of nitrogens with zero attached hydrogens (tertiary/aromatic N) is 6. The summed E-state index contributed by atoms with van der Waals surface area (Å²) in [5, 5.41) is 22.3. The van der Waals surface area contributed by atoms with Crippen LogP contribution in [0.3, 0.4) is 0 Å². The largest absolute Gasteiger partial charge is 0.392 e. The van der Waals surface area contributed by atoms with Gasteiger partial charge in [0.1, 0.15) is 0 Å². The maximum Gasteiger partial charge on any atom is 0.211 e. The van der Waals surface area contributed by atoms with Gasteiger partial charge in [0.25, 0.3) is 0 Å². The van der Waals surface area contributed by atoms with Gasteiger partial charge in [-0.25, -0.2) is 35.4 Å². The van der Waals surface area contributed by atoms with Crippen molar-refractivity contribution < 1.29 is 27.0 Å². The summed E-state index contributed by atoms with van der Waals surface area (Å²) in [5.74, 6) is 0.231. The minimum atomic E-state index is -3.15. The molecule has 2 spiro atoms. The zero-order chi connectivity index (χ0) is 35.5. The van der Waals surface area contributed by atoms with Gasteiger partial charge >= 0.3 is 0 Å². The highest BCUT2D eigenvalue weighted by Gasteiger charge is 2.64. The molecule has 14 heteroatoms. The minimum absolute atomic E-state index is 0.0895. The average Bonchev–Trinajstić information content (AvgIpc) is 3.89. The Morgan fingerprint density at radius 3 is 1.67 bits per heavy atom. The molecular weight excluding hydrogens is 689 g/mol. The maximum absolute atomic E-state index is 11.8. The molecule has 2 aromatic carbocycles. The van der Waals surface area contributed by atoms with Crippen molar-refractivity contribution in [2.45, 2.75) is 56.4 Å². The average molecular weight is 733 g/mol. The number of aliphatic hydroxyl groups is 2. The number of hydrogen-bond donors (Lipinski definition) is 2. The fraction of sp³-hybridized carbons (Fsp3) is 0.514. The quantitative estimate of drug-likeness (QED) is 0.325. The third-order valence-electron chi connectivity index (χ3n) is 13.2. The van der Waals surface area contributed by atoms with Crippen LogP contribution >= 0.6 is 0 Å². The highest BCUT2D eigenvalue weighted by atomic mass is 32.2. The molecule has 10 rings (SSSR count). The van der Waals surface area contributed by atoms with E-state index in [2.05, 4.69) is 49.4 Å². The SMILES string of the molecule is CS(=O)(=O)N1CC2(CC(C3c4ccccc4-c4cncn43)C2O)C1.CS(=O)(=O)N1CCC2(CCC(C3c4ccccc4-c4cncn43)C2O)CC1. The van der Waals surface area contributed by atoms with Crippen LogP contribution in [-0.4, -0.2) is 106 Å². The van der Waals surface area contributed by atoms with Gasteiger partial charge in [-0.2, -0.15) is 0 Å². The lowest BCUT2D eigenvalue weighted by molar-refractivity contribution is -0.183. The van der Waals surface area contributed by atoms with Gasteiger partial charge in [0, 0.05) is 54.6 Å². The third-order valence-corrected chi connectivity index (χ3v) is 15.7. The van der Waals surface area contributed by atoms with E-state index in [1.807, 2.05) is 43.2 Å². The van der Waals surface area contributed by atoms with Gasteiger partial charge in [-0.15, -0.1) is 0 Å². The molecule has 12 nitrogen and oxygen atoms in total. The Balaban J connectivity index is 0.000000137. The Hall–Kier alpha value is -3.40. The molecule has 0 bridgehead atoms. The summed E-state index contributed by atoms with van der Waals surface area (Å²) in [6, 6.07) is 16.9. The van der Waals surface area contributed by atoms with Crippen molar-refractivity contribution in [3.63, 3.8) is 0 Å². The Morgan fingerprint density at radius 2 is 1.16 bits per heavy atom. The fourth-order valence-corrected chi connectivity index (χ4v) is 12.3. The fourth-order valence-electron chi connectivity index (χ4n) is 10.5. The molecule has 2 aromatic heterocycles. The summed E-state index contributed by atoms with van der Waals surface area (Å²) in [6.07, 6.45) is 13.3. The van der Waals surface area contributed by atoms with Crippen LogP contribution in [0.2, 0.25) is 0 Å². The predicted octanol–water partition coefficient (Wildman–Crippen LogP) is 3.36. The first-order valence-electron chi connectivity index (χ1n) is 17.8. The lowest BCUT2D eigenvalue weighted by Gasteiger charge is -2.62. The summed E-state index contributed by atoms with van der Waals surface area (Å²) >= 11 is 0. The van der Waals surface area contributed by atoms with Gasteiger partial charge in [-0.05, 0) is 48.6 Å². The number of benzene rings is 2. The molecule has 2 N–H and O–H groups in total. The van der Waals surface area contributed by atoms with Gasteiger partial charge in [0.15, 0.2) is 0 Å². The van der Waals surface area contributed by atoms with E-state index in [4.69, 9.17) is 0 Å². The second-order valence-electron chi connectivity index (χ2n) is 15.8. The van der Waals surface area contributed by atoms with E-state index in [-0.39, 0.29) is 34.7 Å². The van der Waals surface area contributed by atoms with Crippen molar-refractivity contribution in [3.8, 4) is 22.5 Å². The number of fused-ring (bicyclic) bond motifs is 6. The second kappa shape index (κ2) is 11.5. The Kier molecular flexibility index (Phi) is 7.57. The highest BCUT2D eigenvalue weighted by Crippen LogP contribution is 2.60. The molecule has 6 atom stereocenters. The van der Waals surface area contributed by atoms with Crippen molar-refractivity contribution in [2.75, 3.05) is 38.7 Å². The lowest BCUT2D eigenvalue weighted by atomic mass is 9.53. The van der Waals surface area contributed by atoms with E-state index >= 15 is 0 Å². The first-order valence-corrected chi connectivity index (χ1v) is 21.5. The van der Waals surface area contributed by atoms with Crippen LogP contribution in [0, 0.1) is 22.7 Å². The van der Waals surface area contributed by atoms with Crippen molar-refractivity contribution in [2.24, 2.45) is 22.7 Å². The molecule has 4 aromatic rings. The van der Waals surface area contributed by atoms with Gasteiger partial charge in [-0.1, -0.05) is 48.5 Å². The number of hydrogen-bond acceptors (Lipinski definition) is 8. The Morgan fingerprint density at radius 1 is 0.667 bits per heavy atom. The van der Waals surface area contributed by atoms with Gasteiger partial charge in [-0.3, -0.25) is 0 Å². The molecule has 2 aliphatic carbocycles. The van der Waals surface area contributed by atoms with E-state index in [0.717, 1.165) is 43.5 Å². The summed E-state index contributed by atoms with van der Waals surface area (Å²) < 4.78 is 54.3. The molecule has 6 unspecified atom stereocenters. The summed E-state index contributed by atoms with van der Waals surface area (Å²) in [7, 11) is -6.31. The summed E-state index contributed by atoms with van der Waals surface area (Å²) in [6.45, 7) is 1.91. The Bertz CT molecular complexity index is 2220. The van der Waals surface area contributed by atoms with E-state index < -0.39 is 32.3 Å². The molecule has 2 saturated carbocycles. The predicted molar refractivity (Wildman–Crippen MR) is 191 cm³/mol. The van der Waals surface area contributed by atoms with Crippen molar-refractivity contribution >= 4 is 20.0 Å². The molecule has 51 heavy (non-hydrogen) atoms. The zero-order valence-electron chi connectivity index (χ0n) is 28.8. The lowest BCUT2D eigenvalue weighted by Crippen LogP contribution is -2.71. The number of rotatable bonds is 4. The van der Waals surface area contributed by atoms with Crippen molar-refractivity contribution in [1.29, 1.82) is 0 Å². The van der Waals surface area contributed by atoms with E-state index in [9.17, 15) is 27.0 Å². The van der Waals surface area contributed by atoms with E-state index in [1.54, 1.807) is 4.31 Å². The van der Waals surface area contributed by atoms with Crippen LogP contribution in [0.25, 0.3) is 22.5 Å². The molecule has 6 heterocycles. The monoisotopic (exact) mass is 732 g/mol. The molecule has 0 radical (unpaired) electrons. The molecule has 270 valence electrons. The Labute approximate surface area is 298 Å². The summed E-state index contributed by atoms with van der Waals surface area (Å²) in [5.41, 5.74) is 6.68. The van der Waals surface area contributed by atoms with Gasteiger partial charge in [0.05, 0.1) is 73.2 Å². The maximum atomic E-state index is 11.8. The molecule has 0 amide bonds. The molecular formula is C37H44N6O6S2. The second-order valence-corrected chi connectivity index (χ2v) is 19.8. The number of sulfonamides is 2. The minimum Gasteiger partial charge on any atom is -0.392 e. The smallest absolute Gasteiger partial charge is 0.211 e. The van der Waals surface area contributed by atoms with Crippen LogP contribution < -0.4 is 0 Å². The number of imidazole rings is 2. The van der Waals surface area contributed by atoms with Crippen LogP contribution in [0.5, 0.6) is 0 Å². The summed E-state index contributed by atoms with van der Waals surface area (Å²) in [4.78, 5) is 8.61. The van der Waals surface area contributed by atoms with Crippen molar-refractivity contribution in [1.82, 2.24) is 27.7 Å². The van der Waals surface area contributed by atoms with Crippen LogP contribution in [0.1, 0.15) is 55.3 Å². The van der Waals surface area contributed by atoms with Crippen LogP contribution in [0.4, 0.5) is 0 Å². The van der Waals surface area contributed by atoms with Gasteiger partial charge < -0.3 is 19.3 Å². The third kappa shape index (κ3) is 5.04. The zero-order valence-corrected chi connectivity index (χ0v) is 30.4. The van der Waals surface area contributed by atoms with Crippen molar-refractivity contribution in [3.05, 3.63) is 84.7 Å². The number of aliphatic hydroxyl groups excluding tert-OH is 2. The van der Waals surface area contributed by atoms with Crippen LogP contribution in [0.15, 0.2) is 73.6 Å². The normalized spacial score (nSPS) is 30.1. The van der Waals surface area contributed by atoms with E-state index in [0.29, 0.717) is 26.2 Å². The number of piperidine rings is 1. The molecule has 4 aliphatic heterocycles. The molecule has 6 aliphatic rings. The van der Waals surface area contributed by atoms with Crippen LogP contribution in [-0.2, 0) is 20.0 Å². The highest BCUT2D eigenvalue weighted by molar-refractivity contribution is 7.88.